The van der Waals surface area contributed by atoms with Gasteiger partial charge in [0, 0.05) is 18.6 Å². The third kappa shape index (κ3) is 4.06. The molecule has 1 aliphatic rings. The first-order chi connectivity index (χ1) is 7.45. The number of nitrogens with one attached hydrogen (secondary N) is 1. The van der Waals surface area contributed by atoms with Crippen LogP contribution in [0.25, 0.3) is 0 Å². The Morgan fingerprint density at radius 3 is 2.06 bits per heavy atom. The molecule has 1 N–H and O–H groups in total. The van der Waals surface area contributed by atoms with Crippen LogP contribution in [0.5, 0.6) is 0 Å². The van der Waals surface area contributed by atoms with Crippen molar-refractivity contribution in [3.63, 3.8) is 0 Å². The van der Waals surface area contributed by atoms with E-state index in [0.717, 1.165) is 11.8 Å². The summed E-state index contributed by atoms with van der Waals surface area (Å²) in [4.78, 5) is 2.71. The molecule has 0 aromatic heterocycles. The SMILES string of the molecule is CCCC(C)(C)N1CC(C)CNCC(C)C1. The van der Waals surface area contributed by atoms with Crippen molar-refractivity contribution in [3.8, 4) is 0 Å². The molecule has 16 heavy (non-hydrogen) atoms. The first-order valence-corrected chi connectivity index (χ1v) is 6.91. The topological polar surface area (TPSA) is 15.3 Å². The summed E-state index contributed by atoms with van der Waals surface area (Å²) in [7, 11) is 0. The van der Waals surface area contributed by atoms with Crippen LogP contribution in [-0.4, -0.2) is 36.6 Å². The fraction of sp³-hybridized carbons (Fsp3) is 1.00. The molecule has 96 valence electrons. The summed E-state index contributed by atoms with van der Waals surface area (Å²) in [6.45, 7) is 16.6. The minimum Gasteiger partial charge on any atom is -0.316 e. The molecule has 0 bridgehead atoms. The molecule has 0 radical (unpaired) electrons. The zero-order valence-electron chi connectivity index (χ0n) is 11.8. The summed E-state index contributed by atoms with van der Waals surface area (Å²) in [6.07, 6.45) is 2.59. The molecule has 2 heteroatoms. The standard InChI is InChI=1S/C14H30N2/c1-6-7-14(4,5)16-10-12(2)8-15-9-13(3)11-16/h12-13,15H,6-11H2,1-5H3. The first-order valence-electron chi connectivity index (χ1n) is 6.91. The van der Waals surface area contributed by atoms with E-state index >= 15 is 0 Å². The number of hydrogen-bond donors (Lipinski definition) is 1. The summed E-state index contributed by atoms with van der Waals surface area (Å²) < 4.78 is 0. The van der Waals surface area contributed by atoms with Gasteiger partial charge in [0.1, 0.15) is 0 Å². The Morgan fingerprint density at radius 1 is 1.12 bits per heavy atom. The highest BCUT2D eigenvalue weighted by Crippen LogP contribution is 2.24. The summed E-state index contributed by atoms with van der Waals surface area (Å²) >= 11 is 0. The van der Waals surface area contributed by atoms with Crippen LogP contribution in [0.4, 0.5) is 0 Å². The van der Waals surface area contributed by atoms with Crippen molar-refractivity contribution >= 4 is 0 Å². The van der Waals surface area contributed by atoms with Crippen molar-refractivity contribution in [2.24, 2.45) is 11.8 Å². The second-order valence-corrected chi connectivity index (χ2v) is 6.34. The minimum atomic E-state index is 0.370. The third-order valence-corrected chi connectivity index (χ3v) is 3.77. The van der Waals surface area contributed by atoms with Gasteiger partial charge >= 0.3 is 0 Å². The molecular formula is C14H30N2. The Bertz CT molecular complexity index is 189. The molecule has 2 nitrogen and oxygen atoms in total. The normalized spacial score (nSPS) is 29.8. The van der Waals surface area contributed by atoms with Crippen molar-refractivity contribution in [2.45, 2.75) is 53.0 Å². The molecule has 0 spiro atoms. The van der Waals surface area contributed by atoms with Crippen LogP contribution in [0.2, 0.25) is 0 Å². The van der Waals surface area contributed by atoms with Gasteiger partial charge in [-0.1, -0.05) is 27.2 Å². The van der Waals surface area contributed by atoms with Crippen molar-refractivity contribution in [3.05, 3.63) is 0 Å². The quantitative estimate of drug-likeness (QED) is 0.796. The molecule has 0 aromatic carbocycles. The molecule has 2 atom stereocenters. The van der Waals surface area contributed by atoms with E-state index in [1.165, 1.54) is 39.0 Å². The molecule has 0 amide bonds. The van der Waals surface area contributed by atoms with Crippen molar-refractivity contribution in [1.29, 1.82) is 0 Å². The molecule has 0 saturated carbocycles. The molecule has 1 saturated heterocycles. The lowest BCUT2D eigenvalue weighted by atomic mass is 9.92. The zero-order chi connectivity index (χ0) is 12.2. The van der Waals surface area contributed by atoms with Crippen molar-refractivity contribution in [1.82, 2.24) is 10.2 Å². The van der Waals surface area contributed by atoms with Crippen LogP contribution in [0.1, 0.15) is 47.5 Å². The molecule has 1 heterocycles. The lowest BCUT2D eigenvalue weighted by molar-refractivity contribution is 0.0681. The largest absolute Gasteiger partial charge is 0.316 e. The summed E-state index contributed by atoms with van der Waals surface area (Å²) in [6, 6.07) is 0. The van der Waals surface area contributed by atoms with Gasteiger partial charge in [-0.15, -0.1) is 0 Å². The van der Waals surface area contributed by atoms with Crippen LogP contribution in [0.3, 0.4) is 0 Å². The van der Waals surface area contributed by atoms with E-state index < -0.39 is 0 Å². The fourth-order valence-electron chi connectivity index (χ4n) is 2.80. The third-order valence-electron chi connectivity index (χ3n) is 3.77. The summed E-state index contributed by atoms with van der Waals surface area (Å²) in [5, 5.41) is 3.56. The predicted octanol–water partition coefficient (Wildman–Crippen LogP) is 2.74. The van der Waals surface area contributed by atoms with Gasteiger partial charge in [-0.2, -0.15) is 0 Å². The molecule has 0 aliphatic carbocycles. The monoisotopic (exact) mass is 226 g/mol. The molecule has 1 rings (SSSR count). The van der Waals surface area contributed by atoms with E-state index in [0.29, 0.717) is 5.54 Å². The Labute approximate surface area is 102 Å². The van der Waals surface area contributed by atoms with Gasteiger partial charge in [0.05, 0.1) is 0 Å². The van der Waals surface area contributed by atoms with E-state index in [4.69, 9.17) is 0 Å². The average Bonchev–Trinajstić information content (AvgIpc) is 2.13. The van der Waals surface area contributed by atoms with Crippen LogP contribution >= 0.6 is 0 Å². The molecular weight excluding hydrogens is 196 g/mol. The van der Waals surface area contributed by atoms with Crippen LogP contribution in [-0.2, 0) is 0 Å². The Balaban J connectivity index is 2.65. The van der Waals surface area contributed by atoms with E-state index in [1.54, 1.807) is 0 Å². The number of rotatable bonds is 3. The summed E-state index contributed by atoms with van der Waals surface area (Å²) in [5.41, 5.74) is 0.370. The zero-order valence-corrected chi connectivity index (χ0v) is 11.8. The van der Waals surface area contributed by atoms with E-state index in [9.17, 15) is 0 Å². The number of hydrogen-bond acceptors (Lipinski definition) is 2. The molecule has 1 fully saturated rings. The van der Waals surface area contributed by atoms with Crippen molar-refractivity contribution < 1.29 is 0 Å². The van der Waals surface area contributed by atoms with E-state index in [1.807, 2.05) is 0 Å². The second kappa shape index (κ2) is 6.02. The Morgan fingerprint density at radius 2 is 1.62 bits per heavy atom. The van der Waals surface area contributed by atoms with Gasteiger partial charge in [0.25, 0.3) is 0 Å². The maximum atomic E-state index is 3.56. The lowest BCUT2D eigenvalue weighted by Crippen LogP contribution is -2.51. The molecule has 2 unspecified atom stereocenters. The molecule has 0 aromatic rings. The number of nitrogens with zero attached hydrogens (tertiary/aromatic N) is 1. The maximum Gasteiger partial charge on any atom is 0.0153 e. The predicted molar refractivity (Wildman–Crippen MR) is 71.8 cm³/mol. The fourth-order valence-corrected chi connectivity index (χ4v) is 2.80. The van der Waals surface area contributed by atoms with Gasteiger partial charge in [-0.25, -0.2) is 0 Å². The Kier molecular flexibility index (Phi) is 5.26. The highest BCUT2D eigenvalue weighted by Gasteiger charge is 2.29. The summed E-state index contributed by atoms with van der Waals surface area (Å²) in [5.74, 6) is 1.53. The Hall–Kier alpha value is -0.0800. The molecule has 1 aliphatic heterocycles. The van der Waals surface area contributed by atoms with E-state index in [2.05, 4.69) is 44.8 Å². The van der Waals surface area contributed by atoms with Crippen LogP contribution < -0.4 is 5.32 Å². The van der Waals surface area contributed by atoms with Crippen molar-refractivity contribution in [2.75, 3.05) is 26.2 Å². The highest BCUT2D eigenvalue weighted by molar-refractivity contribution is 4.85. The van der Waals surface area contributed by atoms with Crippen LogP contribution in [0, 0.1) is 11.8 Å². The maximum absolute atomic E-state index is 3.56. The van der Waals surface area contributed by atoms with Gasteiger partial charge in [0.2, 0.25) is 0 Å². The highest BCUT2D eigenvalue weighted by atomic mass is 15.2. The van der Waals surface area contributed by atoms with Gasteiger partial charge in [-0.05, 0) is 45.2 Å². The second-order valence-electron chi connectivity index (χ2n) is 6.34. The van der Waals surface area contributed by atoms with Crippen LogP contribution in [0.15, 0.2) is 0 Å². The van der Waals surface area contributed by atoms with Gasteiger partial charge in [0.15, 0.2) is 0 Å². The first kappa shape index (κ1) is 14.0. The lowest BCUT2D eigenvalue weighted by Gasteiger charge is -2.43. The van der Waals surface area contributed by atoms with E-state index in [-0.39, 0.29) is 0 Å². The average molecular weight is 226 g/mol. The smallest absolute Gasteiger partial charge is 0.0153 e. The van der Waals surface area contributed by atoms with Gasteiger partial charge < -0.3 is 5.32 Å². The van der Waals surface area contributed by atoms with Gasteiger partial charge in [-0.3, -0.25) is 4.90 Å². The minimum absolute atomic E-state index is 0.370.